The lowest BCUT2D eigenvalue weighted by atomic mass is 10.3. The molecule has 0 radical (unpaired) electrons. The number of ether oxygens (including phenoxy) is 3. The SMILES string of the molecule is [2H]C1([2H])OC1([2H])COc1ccccc1OC. The average Bonchev–Trinajstić information content (AvgIpc) is 2.76. The van der Waals surface area contributed by atoms with E-state index in [0.29, 0.717) is 11.5 Å². The zero-order chi connectivity index (χ0) is 11.8. The standard InChI is InChI=1S/C10H12O3/c1-11-9-4-2-3-5-10(9)13-7-8-6-12-8/h2-5,8H,6-7H2,1H3/i6D2,8D. The molecule has 2 rings (SSSR count). The van der Waals surface area contributed by atoms with Crippen LogP contribution < -0.4 is 9.47 Å². The molecule has 0 N–H and O–H groups in total. The van der Waals surface area contributed by atoms with Crippen LogP contribution in [0.2, 0.25) is 0 Å². The lowest BCUT2D eigenvalue weighted by Crippen LogP contribution is -2.04. The molecule has 0 saturated carbocycles. The van der Waals surface area contributed by atoms with Gasteiger partial charge in [0.2, 0.25) is 0 Å². The van der Waals surface area contributed by atoms with Gasteiger partial charge in [-0.2, -0.15) is 0 Å². The van der Waals surface area contributed by atoms with Crippen molar-refractivity contribution in [2.45, 2.75) is 6.08 Å². The van der Waals surface area contributed by atoms with Gasteiger partial charge in [0.25, 0.3) is 0 Å². The monoisotopic (exact) mass is 183 g/mol. The summed E-state index contributed by atoms with van der Waals surface area (Å²) in [4.78, 5) is 0. The number of epoxide rings is 1. The molecule has 0 aromatic heterocycles. The van der Waals surface area contributed by atoms with Crippen LogP contribution in [0.4, 0.5) is 0 Å². The highest BCUT2D eigenvalue weighted by atomic mass is 16.6. The third-order valence-corrected chi connectivity index (χ3v) is 1.67. The van der Waals surface area contributed by atoms with Gasteiger partial charge in [-0.05, 0) is 12.1 Å². The van der Waals surface area contributed by atoms with Crippen molar-refractivity contribution in [1.82, 2.24) is 0 Å². The van der Waals surface area contributed by atoms with E-state index in [1.165, 1.54) is 7.11 Å². The summed E-state index contributed by atoms with van der Waals surface area (Å²) < 4.78 is 37.0. The summed E-state index contributed by atoms with van der Waals surface area (Å²) in [7, 11) is 1.52. The fourth-order valence-corrected chi connectivity index (χ4v) is 0.976. The summed E-state index contributed by atoms with van der Waals surface area (Å²) in [5, 5.41) is 0. The third kappa shape index (κ3) is 2.12. The number of methoxy groups -OCH3 is 1. The van der Waals surface area contributed by atoms with Gasteiger partial charge in [0.1, 0.15) is 12.7 Å². The van der Waals surface area contributed by atoms with Crippen molar-refractivity contribution in [3.8, 4) is 11.5 Å². The van der Waals surface area contributed by atoms with Crippen LogP contribution >= 0.6 is 0 Å². The highest BCUT2D eigenvalue weighted by Gasteiger charge is 2.23. The lowest BCUT2D eigenvalue weighted by Gasteiger charge is -2.08. The molecule has 1 unspecified atom stereocenters. The molecule has 0 amide bonds. The van der Waals surface area contributed by atoms with Crippen LogP contribution in [-0.4, -0.2) is 26.4 Å². The first-order valence-corrected chi connectivity index (χ1v) is 3.94. The van der Waals surface area contributed by atoms with Gasteiger partial charge in [-0.3, -0.25) is 0 Å². The van der Waals surface area contributed by atoms with Crippen LogP contribution in [0.25, 0.3) is 0 Å². The van der Waals surface area contributed by atoms with Crippen LogP contribution in [0, 0.1) is 0 Å². The first-order valence-electron chi connectivity index (χ1n) is 5.44. The smallest absolute Gasteiger partial charge is 0.161 e. The normalized spacial score (nSPS) is 32.5. The second-order valence-corrected chi connectivity index (χ2v) is 2.57. The molecular formula is C10H12O3. The van der Waals surface area contributed by atoms with E-state index in [9.17, 15) is 0 Å². The van der Waals surface area contributed by atoms with Gasteiger partial charge in [0.15, 0.2) is 11.5 Å². The van der Waals surface area contributed by atoms with Gasteiger partial charge in [-0.1, -0.05) is 12.1 Å². The average molecular weight is 183 g/mol. The Morgan fingerprint density at radius 1 is 1.62 bits per heavy atom. The fourth-order valence-electron chi connectivity index (χ4n) is 0.976. The summed E-state index contributed by atoms with van der Waals surface area (Å²) in [6.07, 6.45) is -1.60. The van der Waals surface area contributed by atoms with E-state index in [1.54, 1.807) is 24.3 Å². The molecule has 1 heterocycles. The second-order valence-electron chi connectivity index (χ2n) is 2.57. The van der Waals surface area contributed by atoms with Gasteiger partial charge in [0, 0.05) is 0 Å². The Morgan fingerprint density at radius 2 is 2.31 bits per heavy atom. The highest BCUT2D eigenvalue weighted by Crippen LogP contribution is 2.26. The number of para-hydroxylation sites is 2. The van der Waals surface area contributed by atoms with E-state index in [4.69, 9.17) is 13.6 Å². The molecule has 1 aromatic rings. The molecule has 0 bridgehead atoms. The maximum Gasteiger partial charge on any atom is 0.161 e. The van der Waals surface area contributed by atoms with Crippen LogP contribution in [-0.2, 0) is 4.74 Å². The summed E-state index contributed by atoms with van der Waals surface area (Å²) in [6, 6.07) is 7.00. The minimum atomic E-state index is -1.92. The summed E-state index contributed by atoms with van der Waals surface area (Å²) in [5.41, 5.74) is 0. The Morgan fingerprint density at radius 3 is 2.92 bits per heavy atom. The van der Waals surface area contributed by atoms with Crippen molar-refractivity contribution in [3.05, 3.63) is 24.3 Å². The van der Waals surface area contributed by atoms with Crippen LogP contribution in [0.1, 0.15) is 4.11 Å². The summed E-state index contributed by atoms with van der Waals surface area (Å²) >= 11 is 0. The molecule has 1 aromatic carbocycles. The van der Waals surface area contributed by atoms with E-state index < -0.39 is 12.6 Å². The van der Waals surface area contributed by atoms with Crippen molar-refractivity contribution >= 4 is 0 Å². The Kier molecular flexibility index (Phi) is 1.55. The van der Waals surface area contributed by atoms with Crippen molar-refractivity contribution < 1.29 is 18.3 Å². The minimum Gasteiger partial charge on any atom is -0.493 e. The fraction of sp³-hybridized carbons (Fsp3) is 0.400. The molecule has 0 aliphatic carbocycles. The Labute approximate surface area is 81.4 Å². The van der Waals surface area contributed by atoms with Gasteiger partial charge >= 0.3 is 0 Å². The third-order valence-electron chi connectivity index (χ3n) is 1.67. The molecule has 13 heavy (non-hydrogen) atoms. The zero-order valence-electron chi connectivity index (χ0n) is 10.2. The van der Waals surface area contributed by atoms with Crippen LogP contribution in [0.3, 0.4) is 0 Å². The maximum absolute atomic E-state index is 7.56. The molecule has 1 aliphatic heterocycles. The van der Waals surface area contributed by atoms with Gasteiger partial charge in [-0.25, -0.2) is 0 Å². The number of rotatable bonds is 4. The van der Waals surface area contributed by atoms with E-state index in [0.717, 1.165) is 0 Å². The maximum atomic E-state index is 7.56. The Balaban J connectivity index is 2.01. The number of hydrogen-bond acceptors (Lipinski definition) is 3. The largest absolute Gasteiger partial charge is 0.493 e. The molecule has 3 nitrogen and oxygen atoms in total. The summed E-state index contributed by atoms with van der Waals surface area (Å²) in [5.74, 6) is 1.02. The zero-order valence-corrected chi connectivity index (χ0v) is 7.24. The molecule has 1 saturated heterocycles. The van der Waals surface area contributed by atoms with Gasteiger partial charge in [0.05, 0.1) is 17.8 Å². The van der Waals surface area contributed by atoms with Crippen molar-refractivity contribution in [2.75, 3.05) is 20.3 Å². The summed E-state index contributed by atoms with van der Waals surface area (Å²) in [6.45, 7) is -2.09. The predicted molar refractivity (Wildman–Crippen MR) is 48.2 cm³/mol. The molecule has 1 fully saturated rings. The van der Waals surface area contributed by atoms with E-state index in [1.807, 2.05) is 0 Å². The Bertz CT molecular complexity index is 397. The topological polar surface area (TPSA) is 31.0 Å². The predicted octanol–water partition coefficient (Wildman–Crippen LogP) is 1.47. The van der Waals surface area contributed by atoms with Crippen molar-refractivity contribution in [1.29, 1.82) is 0 Å². The molecular weight excluding hydrogens is 168 g/mol. The quantitative estimate of drug-likeness (QED) is 0.662. The number of hydrogen-bond donors (Lipinski definition) is 0. The highest BCUT2D eigenvalue weighted by molar-refractivity contribution is 5.39. The van der Waals surface area contributed by atoms with Crippen molar-refractivity contribution in [2.24, 2.45) is 0 Å². The molecule has 70 valence electrons. The van der Waals surface area contributed by atoms with Gasteiger partial charge < -0.3 is 14.2 Å². The van der Waals surface area contributed by atoms with Crippen molar-refractivity contribution in [3.63, 3.8) is 0 Å². The van der Waals surface area contributed by atoms with Crippen LogP contribution in [0.15, 0.2) is 24.3 Å². The lowest BCUT2D eigenvalue weighted by molar-refractivity contribution is 0.252. The van der Waals surface area contributed by atoms with E-state index in [2.05, 4.69) is 4.74 Å². The Hall–Kier alpha value is -1.22. The van der Waals surface area contributed by atoms with E-state index in [-0.39, 0.29) is 6.61 Å². The first kappa shape index (κ1) is 5.50. The second kappa shape index (κ2) is 3.66. The number of benzene rings is 1. The van der Waals surface area contributed by atoms with Crippen LogP contribution in [0.5, 0.6) is 11.5 Å². The van der Waals surface area contributed by atoms with E-state index >= 15 is 0 Å². The molecule has 1 atom stereocenters. The first-order chi connectivity index (χ1) is 7.48. The van der Waals surface area contributed by atoms with Gasteiger partial charge in [-0.15, -0.1) is 0 Å². The molecule has 1 aliphatic rings. The molecule has 0 spiro atoms. The molecule has 3 heteroatoms. The minimum absolute atomic E-state index is 0.166.